The van der Waals surface area contributed by atoms with Crippen molar-refractivity contribution in [2.24, 2.45) is 5.16 Å². The van der Waals surface area contributed by atoms with Crippen molar-refractivity contribution in [2.45, 2.75) is 50.2 Å². The number of rotatable bonds is 5. The predicted octanol–water partition coefficient (Wildman–Crippen LogP) is 5.37. The monoisotopic (exact) mass is 590 g/mol. The van der Waals surface area contributed by atoms with Gasteiger partial charge in [-0.3, -0.25) is 9.48 Å². The number of hydrogen-bond donors (Lipinski definition) is 1. The summed E-state index contributed by atoms with van der Waals surface area (Å²) in [5.74, 6) is -1.32. The maximum Gasteiger partial charge on any atom is 0.435 e. The van der Waals surface area contributed by atoms with Crippen LogP contribution in [0.5, 0.6) is 0 Å². The Labute approximate surface area is 226 Å². The number of carbonyl (C=O) groups excluding carboxylic acids is 1. The minimum atomic E-state index is -5.11. The van der Waals surface area contributed by atoms with Crippen molar-refractivity contribution in [1.82, 2.24) is 19.7 Å². The van der Waals surface area contributed by atoms with Gasteiger partial charge in [-0.05, 0) is 25.0 Å². The molecule has 1 atom stereocenters. The smallest absolute Gasteiger partial charge is 0.398 e. The van der Waals surface area contributed by atoms with Crippen LogP contribution in [0.4, 0.5) is 36.4 Å². The quantitative estimate of drug-likeness (QED) is 0.318. The summed E-state index contributed by atoms with van der Waals surface area (Å²) in [6, 6.07) is 4.25. The zero-order valence-corrected chi connectivity index (χ0v) is 21.3. The number of carbonyl (C=O) groups is 1. The highest BCUT2D eigenvalue weighted by Gasteiger charge is 2.42. The number of alkyl halides is 6. The number of likely N-dealkylation sites (tertiary alicyclic amines) is 1. The average Bonchev–Trinajstić information content (AvgIpc) is 3.63. The zero-order chi connectivity index (χ0) is 28.8. The second-order valence-electron chi connectivity index (χ2n) is 9.38. The summed E-state index contributed by atoms with van der Waals surface area (Å²) >= 11 is 1.33. The third kappa shape index (κ3) is 5.62. The van der Waals surface area contributed by atoms with Crippen LogP contribution in [0.1, 0.15) is 58.9 Å². The Balaban J connectivity index is 1.19. The Kier molecular flexibility index (Phi) is 7.22. The van der Waals surface area contributed by atoms with E-state index in [1.807, 2.05) is 5.38 Å². The minimum absolute atomic E-state index is 0.0521. The van der Waals surface area contributed by atoms with Gasteiger partial charge in [0.15, 0.2) is 11.8 Å². The van der Waals surface area contributed by atoms with Gasteiger partial charge in [0, 0.05) is 42.6 Å². The van der Waals surface area contributed by atoms with Gasteiger partial charge in [0.2, 0.25) is 5.91 Å². The summed E-state index contributed by atoms with van der Waals surface area (Å²) in [6.45, 7) is -0.600. The largest absolute Gasteiger partial charge is 0.435 e. The Hall–Kier alpha value is -3.69. The van der Waals surface area contributed by atoms with Gasteiger partial charge in [-0.1, -0.05) is 11.2 Å². The summed E-state index contributed by atoms with van der Waals surface area (Å²) in [6.07, 6.45) is -9.70. The molecule has 0 spiro atoms. The third-order valence-corrected chi connectivity index (χ3v) is 7.67. The number of anilines is 1. The molecule has 0 bridgehead atoms. The highest BCUT2D eigenvalue weighted by atomic mass is 32.1. The van der Waals surface area contributed by atoms with E-state index >= 15 is 0 Å². The van der Waals surface area contributed by atoms with Crippen LogP contribution in [0.15, 0.2) is 34.8 Å². The molecule has 0 aliphatic carbocycles. The molecule has 4 heterocycles. The van der Waals surface area contributed by atoms with Gasteiger partial charge in [0.1, 0.15) is 28.8 Å². The van der Waals surface area contributed by atoms with E-state index in [2.05, 4.69) is 15.2 Å². The van der Waals surface area contributed by atoms with Gasteiger partial charge >= 0.3 is 12.4 Å². The number of thiazole rings is 1. The van der Waals surface area contributed by atoms with Crippen LogP contribution in [-0.2, 0) is 28.5 Å². The van der Waals surface area contributed by atoms with Gasteiger partial charge in [-0.2, -0.15) is 31.4 Å². The van der Waals surface area contributed by atoms with E-state index in [9.17, 15) is 35.5 Å². The van der Waals surface area contributed by atoms with Crippen LogP contribution in [0, 0.1) is 5.82 Å². The first-order chi connectivity index (χ1) is 18.8. The van der Waals surface area contributed by atoms with Crippen LogP contribution in [-0.4, -0.2) is 44.4 Å². The van der Waals surface area contributed by atoms with Crippen molar-refractivity contribution in [2.75, 3.05) is 18.8 Å². The number of piperidine rings is 1. The maximum absolute atomic E-state index is 14.3. The lowest BCUT2D eigenvalue weighted by Gasteiger charge is -2.31. The number of hydrogen-bond acceptors (Lipinski definition) is 7. The Morgan fingerprint density at radius 1 is 1.12 bits per heavy atom. The van der Waals surface area contributed by atoms with Crippen molar-refractivity contribution in [3.05, 3.63) is 63.1 Å². The molecular formula is C24H21F7N6O2S. The number of aromatic nitrogens is 3. The van der Waals surface area contributed by atoms with Gasteiger partial charge in [-0.15, -0.1) is 11.3 Å². The van der Waals surface area contributed by atoms with Crippen molar-refractivity contribution >= 4 is 28.6 Å². The molecule has 0 radical (unpaired) electrons. The summed E-state index contributed by atoms with van der Waals surface area (Å²) in [4.78, 5) is 24.0. The average molecular weight is 591 g/mol. The predicted molar refractivity (Wildman–Crippen MR) is 129 cm³/mol. The molecule has 1 aromatic carbocycles. The molecule has 1 fully saturated rings. The molecule has 1 unspecified atom stereocenters. The lowest BCUT2D eigenvalue weighted by Crippen LogP contribution is -2.40. The Bertz CT molecular complexity index is 1420. The fourth-order valence-electron chi connectivity index (χ4n) is 4.71. The second kappa shape index (κ2) is 10.4. The van der Waals surface area contributed by atoms with E-state index < -0.39 is 48.1 Å². The van der Waals surface area contributed by atoms with Crippen molar-refractivity contribution in [3.8, 4) is 0 Å². The number of benzene rings is 1. The van der Waals surface area contributed by atoms with Crippen molar-refractivity contribution in [3.63, 3.8) is 0 Å². The SMILES string of the molecule is Nc1cccc(F)c1C1CC(c2nc(C3CCN(C(=O)Cn4nc(C(F)(F)F)cc4C(F)(F)F)CC3)cs2)=NO1. The van der Waals surface area contributed by atoms with E-state index in [1.54, 1.807) is 6.07 Å². The van der Waals surface area contributed by atoms with Gasteiger partial charge in [0.25, 0.3) is 0 Å². The van der Waals surface area contributed by atoms with Crippen molar-refractivity contribution < 1.29 is 40.4 Å². The number of amides is 1. The molecule has 1 saturated heterocycles. The molecule has 8 nitrogen and oxygen atoms in total. The topological polar surface area (TPSA) is 98.6 Å². The fraction of sp³-hybridized carbons (Fsp3) is 0.417. The molecular weight excluding hydrogens is 569 g/mol. The van der Waals surface area contributed by atoms with Crippen LogP contribution >= 0.6 is 11.3 Å². The first-order valence-corrected chi connectivity index (χ1v) is 12.9. The maximum atomic E-state index is 14.3. The fourth-order valence-corrected chi connectivity index (χ4v) is 5.61. The van der Waals surface area contributed by atoms with Gasteiger partial charge in [-0.25, -0.2) is 9.37 Å². The standard InChI is InChI=1S/C24H21F7N6O2S/c25-13-2-1-3-14(32)21(13)17-8-15(35-39-17)22-33-16(11-40-22)12-4-6-36(7-5-12)20(38)10-37-19(24(29,30)31)9-18(34-37)23(26,27)28/h1-3,9,11-12,17H,4-8,10,32H2. The first kappa shape index (κ1) is 27.9. The summed E-state index contributed by atoms with van der Waals surface area (Å²) in [5.41, 5.74) is 4.29. The zero-order valence-electron chi connectivity index (χ0n) is 20.5. The number of oxime groups is 1. The van der Waals surface area contributed by atoms with E-state index in [1.165, 1.54) is 28.4 Å². The van der Waals surface area contributed by atoms with E-state index in [4.69, 9.17) is 10.6 Å². The highest BCUT2D eigenvalue weighted by Crippen LogP contribution is 2.37. The Morgan fingerprint density at radius 2 is 1.85 bits per heavy atom. The van der Waals surface area contributed by atoms with Gasteiger partial charge < -0.3 is 15.5 Å². The Morgan fingerprint density at radius 3 is 2.50 bits per heavy atom. The molecule has 2 aromatic heterocycles. The number of nitrogens with two attached hydrogens (primary N) is 1. The molecule has 0 saturated carbocycles. The first-order valence-electron chi connectivity index (χ1n) is 12.0. The number of nitrogen functional groups attached to an aromatic ring is 1. The molecule has 2 aliphatic rings. The van der Waals surface area contributed by atoms with Crippen LogP contribution in [0.2, 0.25) is 0 Å². The lowest BCUT2D eigenvalue weighted by atomic mass is 9.94. The van der Waals surface area contributed by atoms with Crippen LogP contribution in [0.3, 0.4) is 0 Å². The molecule has 16 heteroatoms. The van der Waals surface area contributed by atoms with Gasteiger partial charge in [0.05, 0.1) is 11.3 Å². The molecule has 214 valence electrons. The molecule has 2 N–H and O–H groups in total. The molecule has 5 rings (SSSR count). The lowest BCUT2D eigenvalue weighted by molar-refractivity contribution is -0.146. The molecule has 2 aliphatic heterocycles. The normalized spacial score (nSPS) is 18.6. The van der Waals surface area contributed by atoms with E-state index in [-0.39, 0.29) is 47.4 Å². The molecule has 3 aromatic rings. The van der Waals surface area contributed by atoms with E-state index in [0.717, 1.165) is 5.69 Å². The summed E-state index contributed by atoms with van der Waals surface area (Å²) in [5, 5.41) is 9.46. The number of halogens is 7. The minimum Gasteiger partial charge on any atom is -0.398 e. The number of nitrogens with zero attached hydrogens (tertiary/aromatic N) is 5. The third-order valence-electron chi connectivity index (χ3n) is 6.76. The summed E-state index contributed by atoms with van der Waals surface area (Å²) in [7, 11) is 0. The molecule has 1 amide bonds. The molecule has 40 heavy (non-hydrogen) atoms. The highest BCUT2D eigenvalue weighted by molar-refractivity contribution is 7.11. The van der Waals surface area contributed by atoms with Crippen molar-refractivity contribution in [1.29, 1.82) is 0 Å². The van der Waals surface area contributed by atoms with Crippen LogP contribution in [0.25, 0.3) is 0 Å². The second-order valence-corrected chi connectivity index (χ2v) is 10.2. The van der Waals surface area contributed by atoms with Crippen LogP contribution < -0.4 is 5.73 Å². The summed E-state index contributed by atoms with van der Waals surface area (Å²) < 4.78 is 92.8. The van der Waals surface area contributed by atoms with E-state index in [0.29, 0.717) is 23.6 Å².